The average molecular weight is 323 g/mol. The molecule has 130 valence electrons. The molecule has 2 rings (SSSR count). The van der Waals surface area contributed by atoms with Gasteiger partial charge in [-0.15, -0.1) is 0 Å². The number of rotatable bonds is 11. The Morgan fingerprint density at radius 3 is 2.87 bits per heavy atom. The van der Waals surface area contributed by atoms with Gasteiger partial charge in [-0.05, 0) is 18.4 Å². The molecule has 2 atom stereocenters. The normalized spacial score (nSPS) is 19.3. The first-order chi connectivity index (χ1) is 11.3. The van der Waals surface area contributed by atoms with E-state index >= 15 is 0 Å². The van der Waals surface area contributed by atoms with Crippen LogP contribution in [0.4, 0.5) is 0 Å². The lowest BCUT2D eigenvalue weighted by molar-refractivity contribution is -0.0271. The fraction of sp³-hybridized carbons (Fsp3) is 0.667. The Hall–Kier alpha value is -0.980. The molecule has 5 nitrogen and oxygen atoms in total. The molecule has 0 spiro atoms. The summed E-state index contributed by atoms with van der Waals surface area (Å²) in [5.41, 5.74) is 1.23. The second kappa shape index (κ2) is 10.7. The van der Waals surface area contributed by atoms with Gasteiger partial charge >= 0.3 is 0 Å². The summed E-state index contributed by atoms with van der Waals surface area (Å²) in [6.07, 6.45) is 1.87. The van der Waals surface area contributed by atoms with E-state index in [1.54, 1.807) is 7.11 Å². The van der Waals surface area contributed by atoms with Crippen LogP contribution in [0.2, 0.25) is 0 Å². The summed E-state index contributed by atoms with van der Waals surface area (Å²) < 4.78 is 16.3. The van der Waals surface area contributed by atoms with E-state index in [4.69, 9.17) is 14.2 Å². The van der Waals surface area contributed by atoms with E-state index in [1.165, 1.54) is 5.56 Å². The van der Waals surface area contributed by atoms with E-state index in [0.29, 0.717) is 26.4 Å². The van der Waals surface area contributed by atoms with Crippen molar-refractivity contribution in [3.63, 3.8) is 0 Å². The van der Waals surface area contributed by atoms with Gasteiger partial charge in [0.15, 0.2) is 0 Å². The quantitative estimate of drug-likeness (QED) is 0.672. The van der Waals surface area contributed by atoms with Crippen LogP contribution in [0.1, 0.15) is 18.4 Å². The fourth-order valence-corrected chi connectivity index (χ4v) is 2.76. The molecule has 5 heteroatoms. The first-order valence-electron chi connectivity index (χ1n) is 8.40. The van der Waals surface area contributed by atoms with Crippen LogP contribution in [0, 0.1) is 0 Å². The van der Waals surface area contributed by atoms with Gasteiger partial charge in [0.05, 0.1) is 32.0 Å². The highest BCUT2D eigenvalue weighted by Gasteiger charge is 2.17. The number of hydrogen-bond donors (Lipinski definition) is 1. The van der Waals surface area contributed by atoms with Crippen molar-refractivity contribution in [3.8, 4) is 0 Å². The molecule has 0 saturated carbocycles. The van der Waals surface area contributed by atoms with E-state index in [0.717, 1.165) is 32.5 Å². The minimum Gasteiger partial charge on any atom is -0.389 e. The molecular formula is C18H29NO4. The maximum Gasteiger partial charge on any atom is 0.0900 e. The largest absolute Gasteiger partial charge is 0.389 e. The Balaban J connectivity index is 1.71. The van der Waals surface area contributed by atoms with Gasteiger partial charge in [0.25, 0.3) is 0 Å². The number of ether oxygens (including phenoxy) is 3. The van der Waals surface area contributed by atoms with Gasteiger partial charge in [-0.3, -0.25) is 4.90 Å². The van der Waals surface area contributed by atoms with E-state index in [2.05, 4.69) is 17.0 Å². The van der Waals surface area contributed by atoms with Crippen molar-refractivity contribution in [2.24, 2.45) is 0 Å². The molecule has 1 aromatic rings. The molecule has 0 unspecified atom stereocenters. The van der Waals surface area contributed by atoms with Crippen LogP contribution in [0.5, 0.6) is 0 Å². The van der Waals surface area contributed by atoms with Crippen LogP contribution in [0.15, 0.2) is 30.3 Å². The highest BCUT2D eigenvalue weighted by atomic mass is 16.5. The smallest absolute Gasteiger partial charge is 0.0900 e. The zero-order valence-electron chi connectivity index (χ0n) is 14.0. The molecular weight excluding hydrogens is 294 g/mol. The van der Waals surface area contributed by atoms with Crippen molar-refractivity contribution in [1.29, 1.82) is 0 Å². The molecule has 0 aliphatic carbocycles. The summed E-state index contributed by atoms with van der Waals surface area (Å²) in [7, 11) is 1.70. The second-order valence-corrected chi connectivity index (χ2v) is 6.04. The van der Waals surface area contributed by atoms with Crippen LogP contribution < -0.4 is 0 Å². The molecule has 1 heterocycles. The Labute approximate surface area is 139 Å². The molecule has 1 aromatic carbocycles. The van der Waals surface area contributed by atoms with Gasteiger partial charge in [0.2, 0.25) is 0 Å². The van der Waals surface area contributed by atoms with Crippen LogP contribution >= 0.6 is 0 Å². The van der Waals surface area contributed by atoms with Crippen molar-refractivity contribution in [1.82, 2.24) is 4.90 Å². The SMILES string of the molecule is COCCN(Cc1ccccc1)C[C@@H](O)COC[C@H]1CCCO1. The lowest BCUT2D eigenvalue weighted by atomic mass is 10.2. The van der Waals surface area contributed by atoms with Gasteiger partial charge in [-0.25, -0.2) is 0 Å². The van der Waals surface area contributed by atoms with Gasteiger partial charge in [0, 0.05) is 33.4 Å². The fourth-order valence-electron chi connectivity index (χ4n) is 2.76. The molecule has 1 saturated heterocycles. The maximum atomic E-state index is 10.2. The Bertz CT molecular complexity index is 409. The number of hydrogen-bond acceptors (Lipinski definition) is 5. The Morgan fingerprint density at radius 2 is 2.17 bits per heavy atom. The molecule has 0 bridgehead atoms. The zero-order valence-corrected chi connectivity index (χ0v) is 14.0. The third kappa shape index (κ3) is 7.42. The topological polar surface area (TPSA) is 51.2 Å². The van der Waals surface area contributed by atoms with Gasteiger partial charge < -0.3 is 19.3 Å². The first-order valence-corrected chi connectivity index (χ1v) is 8.40. The molecule has 0 amide bonds. The second-order valence-electron chi connectivity index (χ2n) is 6.04. The monoisotopic (exact) mass is 323 g/mol. The van der Waals surface area contributed by atoms with Crippen molar-refractivity contribution in [2.45, 2.75) is 31.6 Å². The first kappa shape index (κ1) is 18.4. The third-order valence-corrected chi connectivity index (χ3v) is 3.97. The standard InChI is InChI=1S/C18H29NO4/c1-21-11-9-19(12-16-6-3-2-4-7-16)13-17(20)14-22-15-18-8-5-10-23-18/h2-4,6-7,17-18,20H,5,8-15H2,1H3/t17-,18-/m1/s1. The summed E-state index contributed by atoms with van der Waals surface area (Å²) in [4.78, 5) is 2.19. The van der Waals surface area contributed by atoms with Gasteiger partial charge in [-0.2, -0.15) is 0 Å². The van der Waals surface area contributed by atoms with Crippen molar-refractivity contribution in [2.75, 3.05) is 46.6 Å². The summed E-state index contributed by atoms with van der Waals surface area (Å²) in [5, 5.41) is 10.2. The van der Waals surface area contributed by atoms with E-state index in [9.17, 15) is 5.11 Å². The minimum atomic E-state index is -0.503. The lowest BCUT2D eigenvalue weighted by Gasteiger charge is -2.25. The summed E-state index contributed by atoms with van der Waals surface area (Å²) in [6, 6.07) is 10.3. The van der Waals surface area contributed by atoms with E-state index in [-0.39, 0.29) is 6.10 Å². The molecule has 1 aliphatic heterocycles. The predicted octanol–water partition coefficient (Wildman–Crippen LogP) is 1.69. The average Bonchev–Trinajstić information content (AvgIpc) is 3.07. The molecule has 23 heavy (non-hydrogen) atoms. The van der Waals surface area contributed by atoms with Gasteiger partial charge in [0.1, 0.15) is 0 Å². The van der Waals surface area contributed by atoms with Crippen LogP contribution in [0.3, 0.4) is 0 Å². The van der Waals surface area contributed by atoms with Gasteiger partial charge in [-0.1, -0.05) is 30.3 Å². The van der Waals surface area contributed by atoms with Crippen molar-refractivity contribution in [3.05, 3.63) is 35.9 Å². The highest BCUT2D eigenvalue weighted by molar-refractivity contribution is 5.14. The third-order valence-electron chi connectivity index (χ3n) is 3.97. The number of methoxy groups -OCH3 is 1. The Morgan fingerprint density at radius 1 is 1.35 bits per heavy atom. The number of benzene rings is 1. The number of aliphatic hydroxyl groups is 1. The van der Waals surface area contributed by atoms with E-state index in [1.807, 2.05) is 18.2 Å². The molecule has 0 aromatic heterocycles. The molecule has 0 radical (unpaired) electrons. The number of nitrogens with zero attached hydrogens (tertiary/aromatic N) is 1. The predicted molar refractivity (Wildman–Crippen MR) is 89.4 cm³/mol. The lowest BCUT2D eigenvalue weighted by Crippen LogP contribution is -2.37. The van der Waals surface area contributed by atoms with Crippen molar-refractivity contribution >= 4 is 0 Å². The van der Waals surface area contributed by atoms with Crippen molar-refractivity contribution < 1.29 is 19.3 Å². The van der Waals surface area contributed by atoms with E-state index < -0.39 is 6.10 Å². The maximum absolute atomic E-state index is 10.2. The summed E-state index contributed by atoms with van der Waals surface area (Å²) in [6.45, 7) is 4.56. The minimum absolute atomic E-state index is 0.205. The van der Waals surface area contributed by atoms with Crippen LogP contribution in [-0.2, 0) is 20.8 Å². The molecule has 1 N–H and O–H groups in total. The summed E-state index contributed by atoms with van der Waals surface area (Å²) in [5.74, 6) is 0. The molecule has 1 aliphatic rings. The van der Waals surface area contributed by atoms with Crippen LogP contribution in [-0.4, -0.2) is 68.8 Å². The summed E-state index contributed by atoms with van der Waals surface area (Å²) >= 11 is 0. The Kier molecular flexibility index (Phi) is 8.57. The molecule has 1 fully saturated rings. The van der Waals surface area contributed by atoms with Crippen LogP contribution in [0.25, 0.3) is 0 Å². The zero-order chi connectivity index (χ0) is 16.3. The number of aliphatic hydroxyl groups excluding tert-OH is 1. The highest BCUT2D eigenvalue weighted by Crippen LogP contribution is 2.12.